The number of carbonyl (C=O) groups excluding carboxylic acids is 1. The lowest BCUT2D eigenvalue weighted by Crippen LogP contribution is -2.69. The zero-order chi connectivity index (χ0) is 11.1. The zero-order valence-corrected chi connectivity index (χ0v) is 9.02. The Kier molecular flexibility index (Phi) is 2.11. The summed E-state index contributed by atoms with van der Waals surface area (Å²) in [6.45, 7) is 1.45. The normalized spacial score (nSPS) is 27.8. The summed E-state index contributed by atoms with van der Waals surface area (Å²) in [5.74, 6) is 0.214. The molecule has 0 aliphatic carbocycles. The number of nitrogens with zero attached hydrogens (tertiary/aromatic N) is 1. The van der Waals surface area contributed by atoms with Crippen LogP contribution in [0.15, 0.2) is 24.3 Å². The Hall–Kier alpha value is -1.55. The van der Waals surface area contributed by atoms with Gasteiger partial charge in [0.1, 0.15) is 0 Å². The van der Waals surface area contributed by atoms with Crippen LogP contribution in [0.2, 0.25) is 0 Å². The number of hydrogen-bond donors (Lipinski definition) is 2. The standard InChI is InChI=1S/C12H15N3O/c13-10-4-2-1-3-8(10)6-15-7-9-5-11(14-9)12(15)16/h1-4,9,11,14H,5-7,13H2. The van der Waals surface area contributed by atoms with Crippen molar-refractivity contribution in [3.05, 3.63) is 29.8 Å². The van der Waals surface area contributed by atoms with Crippen molar-refractivity contribution in [3.63, 3.8) is 0 Å². The fourth-order valence-corrected chi connectivity index (χ4v) is 2.45. The molecule has 0 aromatic heterocycles. The van der Waals surface area contributed by atoms with E-state index in [4.69, 9.17) is 5.73 Å². The van der Waals surface area contributed by atoms with E-state index in [1.807, 2.05) is 29.2 Å². The second-order valence-corrected chi connectivity index (χ2v) is 4.57. The number of amides is 1. The first-order chi connectivity index (χ1) is 7.74. The van der Waals surface area contributed by atoms with Gasteiger partial charge < -0.3 is 16.0 Å². The van der Waals surface area contributed by atoms with E-state index in [9.17, 15) is 4.79 Å². The summed E-state index contributed by atoms with van der Waals surface area (Å²) in [5, 5.41) is 3.24. The summed E-state index contributed by atoms with van der Waals surface area (Å²) in [6, 6.07) is 8.28. The van der Waals surface area contributed by atoms with Gasteiger partial charge in [0.05, 0.1) is 6.04 Å². The predicted octanol–water partition coefficient (Wildman–Crippen LogP) is 0.341. The molecule has 0 spiro atoms. The predicted molar refractivity (Wildman–Crippen MR) is 61.6 cm³/mol. The second kappa shape index (κ2) is 3.49. The van der Waals surface area contributed by atoms with E-state index >= 15 is 0 Å². The molecule has 4 heteroatoms. The number of fused-ring (bicyclic) bond motifs is 2. The molecule has 1 amide bonds. The van der Waals surface area contributed by atoms with E-state index in [-0.39, 0.29) is 11.9 Å². The lowest BCUT2D eigenvalue weighted by molar-refractivity contribution is -0.143. The molecule has 0 saturated carbocycles. The van der Waals surface area contributed by atoms with Crippen LogP contribution in [-0.4, -0.2) is 29.4 Å². The molecule has 3 fully saturated rings. The highest BCUT2D eigenvalue weighted by atomic mass is 16.2. The number of anilines is 1. The number of carbonyl (C=O) groups is 1. The van der Waals surface area contributed by atoms with E-state index in [0.29, 0.717) is 12.6 Å². The van der Waals surface area contributed by atoms with Crippen LogP contribution < -0.4 is 11.1 Å². The number of nitrogens with one attached hydrogen (secondary N) is 1. The number of nitrogens with two attached hydrogens (primary N) is 1. The largest absolute Gasteiger partial charge is 0.398 e. The van der Waals surface area contributed by atoms with Crippen molar-refractivity contribution in [1.29, 1.82) is 0 Å². The molecule has 4 nitrogen and oxygen atoms in total. The summed E-state index contributed by atoms with van der Waals surface area (Å²) in [7, 11) is 0. The molecule has 3 aliphatic heterocycles. The van der Waals surface area contributed by atoms with Crippen molar-refractivity contribution in [2.24, 2.45) is 0 Å². The highest BCUT2D eigenvalue weighted by molar-refractivity contribution is 5.84. The first kappa shape index (κ1) is 9.66. The van der Waals surface area contributed by atoms with Gasteiger partial charge in [-0.2, -0.15) is 0 Å². The fraction of sp³-hybridized carbons (Fsp3) is 0.417. The van der Waals surface area contributed by atoms with Crippen LogP contribution in [0.4, 0.5) is 5.69 Å². The lowest BCUT2D eigenvalue weighted by atomic mass is 9.90. The van der Waals surface area contributed by atoms with E-state index in [1.54, 1.807) is 0 Å². The van der Waals surface area contributed by atoms with Gasteiger partial charge in [0, 0.05) is 24.8 Å². The molecule has 84 valence electrons. The quantitative estimate of drug-likeness (QED) is 0.702. The van der Waals surface area contributed by atoms with Gasteiger partial charge >= 0.3 is 0 Å². The van der Waals surface area contributed by atoms with Crippen molar-refractivity contribution < 1.29 is 4.79 Å². The number of benzene rings is 1. The number of piperidine rings is 1. The number of nitrogen functional groups attached to an aromatic ring is 1. The molecule has 0 radical (unpaired) electrons. The Bertz CT molecular complexity index is 426. The van der Waals surface area contributed by atoms with Crippen molar-refractivity contribution in [2.45, 2.75) is 25.0 Å². The summed E-state index contributed by atoms with van der Waals surface area (Å²) >= 11 is 0. The Morgan fingerprint density at radius 2 is 2.19 bits per heavy atom. The second-order valence-electron chi connectivity index (χ2n) is 4.57. The van der Waals surface area contributed by atoms with Crippen molar-refractivity contribution in [1.82, 2.24) is 10.2 Å². The molecule has 2 bridgehead atoms. The maximum absolute atomic E-state index is 11.9. The van der Waals surface area contributed by atoms with Crippen LogP contribution in [0.1, 0.15) is 12.0 Å². The molecular weight excluding hydrogens is 202 g/mol. The number of rotatable bonds is 2. The van der Waals surface area contributed by atoms with Gasteiger partial charge in [0.15, 0.2) is 0 Å². The van der Waals surface area contributed by atoms with Gasteiger partial charge in [0.25, 0.3) is 0 Å². The monoisotopic (exact) mass is 217 g/mol. The molecule has 1 aromatic carbocycles. The molecular formula is C12H15N3O. The Labute approximate surface area is 94.4 Å². The molecule has 3 N–H and O–H groups in total. The van der Waals surface area contributed by atoms with Gasteiger partial charge in [-0.1, -0.05) is 18.2 Å². The van der Waals surface area contributed by atoms with Crippen LogP contribution in [-0.2, 0) is 11.3 Å². The SMILES string of the molecule is Nc1ccccc1CN1CC2CC(N2)C1=O. The minimum atomic E-state index is 0.0590. The Balaban J connectivity index is 1.75. The van der Waals surface area contributed by atoms with Crippen molar-refractivity contribution in [2.75, 3.05) is 12.3 Å². The third kappa shape index (κ3) is 1.46. The van der Waals surface area contributed by atoms with E-state index < -0.39 is 0 Å². The minimum Gasteiger partial charge on any atom is -0.398 e. The summed E-state index contributed by atoms with van der Waals surface area (Å²) in [6.07, 6.45) is 1.000. The average Bonchev–Trinajstić information content (AvgIpc) is 2.22. The molecule has 2 atom stereocenters. The lowest BCUT2D eigenvalue weighted by Gasteiger charge is -2.47. The number of para-hydroxylation sites is 1. The third-order valence-corrected chi connectivity index (χ3v) is 3.42. The van der Waals surface area contributed by atoms with Gasteiger partial charge in [0.2, 0.25) is 5.91 Å². The molecule has 3 saturated heterocycles. The maximum Gasteiger partial charge on any atom is 0.240 e. The summed E-state index contributed by atoms with van der Waals surface area (Å²) in [4.78, 5) is 13.8. The molecule has 4 rings (SSSR count). The van der Waals surface area contributed by atoms with Crippen molar-refractivity contribution in [3.8, 4) is 0 Å². The number of hydrogen-bond acceptors (Lipinski definition) is 3. The summed E-state index contributed by atoms with van der Waals surface area (Å²) in [5.41, 5.74) is 7.68. The zero-order valence-electron chi connectivity index (χ0n) is 9.02. The first-order valence-corrected chi connectivity index (χ1v) is 5.62. The molecule has 3 aliphatic rings. The van der Waals surface area contributed by atoms with Crippen LogP contribution in [0.5, 0.6) is 0 Å². The van der Waals surface area contributed by atoms with Gasteiger partial charge in [-0.3, -0.25) is 4.79 Å². The highest BCUT2D eigenvalue weighted by Crippen LogP contribution is 2.24. The van der Waals surface area contributed by atoms with Crippen LogP contribution >= 0.6 is 0 Å². The first-order valence-electron chi connectivity index (χ1n) is 5.62. The van der Waals surface area contributed by atoms with E-state index in [2.05, 4.69) is 5.32 Å². The van der Waals surface area contributed by atoms with Gasteiger partial charge in [-0.15, -0.1) is 0 Å². The molecule has 16 heavy (non-hydrogen) atoms. The van der Waals surface area contributed by atoms with Crippen molar-refractivity contribution >= 4 is 11.6 Å². The fourth-order valence-electron chi connectivity index (χ4n) is 2.45. The average molecular weight is 217 g/mol. The number of piperazine rings is 1. The van der Waals surface area contributed by atoms with E-state index in [1.165, 1.54) is 0 Å². The molecule has 1 aromatic rings. The maximum atomic E-state index is 11.9. The smallest absolute Gasteiger partial charge is 0.240 e. The Morgan fingerprint density at radius 1 is 1.44 bits per heavy atom. The summed E-state index contributed by atoms with van der Waals surface area (Å²) < 4.78 is 0. The Morgan fingerprint density at radius 3 is 2.88 bits per heavy atom. The minimum absolute atomic E-state index is 0.0590. The van der Waals surface area contributed by atoms with Gasteiger partial charge in [-0.25, -0.2) is 0 Å². The van der Waals surface area contributed by atoms with E-state index in [0.717, 1.165) is 24.2 Å². The van der Waals surface area contributed by atoms with Crippen LogP contribution in [0.3, 0.4) is 0 Å². The highest BCUT2D eigenvalue weighted by Gasteiger charge is 2.42. The van der Waals surface area contributed by atoms with Gasteiger partial charge in [-0.05, 0) is 18.1 Å². The van der Waals surface area contributed by atoms with Crippen LogP contribution in [0.25, 0.3) is 0 Å². The molecule has 3 heterocycles. The molecule has 2 unspecified atom stereocenters. The van der Waals surface area contributed by atoms with Crippen LogP contribution in [0, 0.1) is 0 Å². The third-order valence-electron chi connectivity index (χ3n) is 3.42. The topological polar surface area (TPSA) is 58.4 Å².